The van der Waals surface area contributed by atoms with E-state index in [2.05, 4.69) is 20.2 Å². The van der Waals surface area contributed by atoms with E-state index in [-0.39, 0.29) is 5.91 Å². The molecule has 5 nitrogen and oxygen atoms in total. The molecule has 1 saturated heterocycles. The summed E-state index contributed by atoms with van der Waals surface area (Å²) in [6.45, 7) is 1.99. The number of rotatable bonds is 3. The van der Waals surface area contributed by atoms with Gasteiger partial charge in [0.05, 0.1) is 0 Å². The van der Waals surface area contributed by atoms with E-state index in [1.54, 1.807) is 12.3 Å². The normalized spacial score (nSPS) is 20.1. The van der Waals surface area contributed by atoms with Crippen molar-refractivity contribution in [2.75, 3.05) is 18.0 Å². The van der Waals surface area contributed by atoms with Crippen LogP contribution in [-0.4, -0.2) is 35.0 Å². The number of anilines is 1. The molecule has 0 bridgehead atoms. The fraction of sp³-hybridized carbons (Fsp3) is 0.667. The van der Waals surface area contributed by atoms with Crippen LogP contribution < -0.4 is 10.2 Å². The first kappa shape index (κ1) is 13.3. The van der Waals surface area contributed by atoms with Gasteiger partial charge in [-0.15, -0.1) is 0 Å². The molecule has 0 unspecified atom stereocenters. The van der Waals surface area contributed by atoms with Gasteiger partial charge in [0, 0.05) is 25.3 Å². The van der Waals surface area contributed by atoms with Crippen LogP contribution in [0.4, 0.5) is 5.95 Å². The van der Waals surface area contributed by atoms with Crippen LogP contribution in [0.25, 0.3) is 0 Å². The molecular formula is C15H22N4O. The standard InChI is InChI=1S/C15H22N4O/c20-14(17-12-6-2-1-3-7-12)13-8-9-16-15(18-13)19-10-4-5-11-19/h8-9,12H,1-7,10-11H2,(H,17,20). The van der Waals surface area contributed by atoms with E-state index in [1.165, 1.54) is 32.1 Å². The van der Waals surface area contributed by atoms with Crippen LogP contribution in [0.5, 0.6) is 0 Å². The van der Waals surface area contributed by atoms with Crippen molar-refractivity contribution < 1.29 is 4.79 Å². The summed E-state index contributed by atoms with van der Waals surface area (Å²) < 4.78 is 0. The molecule has 1 aliphatic carbocycles. The van der Waals surface area contributed by atoms with Gasteiger partial charge in [-0.1, -0.05) is 19.3 Å². The van der Waals surface area contributed by atoms with Gasteiger partial charge < -0.3 is 10.2 Å². The summed E-state index contributed by atoms with van der Waals surface area (Å²) in [7, 11) is 0. The highest BCUT2D eigenvalue weighted by Crippen LogP contribution is 2.18. The third-order valence-corrected chi connectivity index (χ3v) is 4.20. The highest BCUT2D eigenvalue weighted by molar-refractivity contribution is 5.92. The number of amides is 1. The molecule has 0 spiro atoms. The van der Waals surface area contributed by atoms with Gasteiger partial charge in [-0.2, -0.15) is 0 Å². The van der Waals surface area contributed by atoms with Crippen molar-refractivity contribution in [3.63, 3.8) is 0 Å². The minimum absolute atomic E-state index is 0.0558. The lowest BCUT2D eigenvalue weighted by molar-refractivity contribution is 0.0922. The molecule has 2 heterocycles. The molecule has 3 rings (SSSR count). The Bertz CT molecular complexity index is 465. The van der Waals surface area contributed by atoms with Gasteiger partial charge in [-0.05, 0) is 31.7 Å². The molecule has 2 aliphatic rings. The van der Waals surface area contributed by atoms with Crippen LogP contribution in [0, 0.1) is 0 Å². The number of carbonyl (C=O) groups is 1. The maximum Gasteiger partial charge on any atom is 0.270 e. The van der Waals surface area contributed by atoms with Crippen LogP contribution in [-0.2, 0) is 0 Å². The summed E-state index contributed by atoms with van der Waals surface area (Å²) in [6, 6.07) is 2.03. The van der Waals surface area contributed by atoms with Gasteiger partial charge in [0.2, 0.25) is 5.95 Å². The van der Waals surface area contributed by atoms with Crippen LogP contribution in [0.15, 0.2) is 12.3 Å². The molecule has 5 heteroatoms. The van der Waals surface area contributed by atoms with Crippen molar-refractivity contribution in [2.24, 2.45) is 0 Å². The van der Waals surface area contributed by atoms with Crippen LogP contribution in [0.1, 0.15) is 55.4 Å². The van der Waals surface area contributed by atoms with Crippen LogP contribution in [0.3, 0.4) is 0 Å². The van der Waals surface area contributed by atoms with Crippen molar-refractivity contribution in [3.8, 4) is 0 Å². The average molecular weight is 274 g/mol. The third-order valence-electron chi connectivity index (χ3n) is 4.20. The Labute approximate surface area is 119 Å². The predicted molar refractivity (Wildman–Crippen MR) is 77.8 cm³/mol. The van der Waals surface area contributed by atoms with Gasteiger partial charge in [0.25, 0.3) is 5.91 Å². The van der Waals surface area contributed by atoms with Crippen LogP contribution >= 0.6 is 0 Å². The lowest BCUT2D eigenvalue weighted by Gasteiger charge is -2.22. The molecular weight excluding hydrogens is 252 g/mol. The van der Waals surface area contributed by atoms with Gasteiger partial charge in [-0.3, -0.25) is 4.79 Å². The van der Waals surface area contributed by atoms with E-state index >= 15 is 0 Å². The molecule has 0 radical (unpaired) electrons. The van der Waals surface area contributed by atoms with E-state index in [4.69, 9.17) is 0 Å². The Balaban J connectivity index is 1.66. The smallest absolute Gasteiger partial charge is 0.270 e. The van der Waals surface area contributed by atoms with E-state index in [0.29, 0.717) is 17.7 Å². The Kier molecular flexibility index (Phi) is 4.14. The predicted octanol–water partition coefficient (Wildman–Crippen LogP) is 2.14. The Morgan fingerprint density at radius 1 is 1.15 bits per heavy atom. The number of hydrogen-bond donors (Lipinski definition) is 1. The van der Waals surface area contributed by atoms with Gasteiger partial charge in [0.1, 0.15) is 5.69 Å². The zero-order valence-electron chi connectivity index (χ0n) is 11.8. The minimum Gasteiger partial charge on any atom is -0.348 e. The molecule has 2 fully saturated rings. The summed E-state index contributed by atoms with van der Waals surface area (Å²) in [5, 5.41) is 3.11. The maximum absolute atomic E-state index is 12.3. The Morgan fingerprint density at radius 3 is 2.65 bits per heavy atom. The van der Waals surface area contributed by atoms with Crippen molar-refractivity contribution in [1.82, 2.24) is 15.3 Å². The lowest BCUT2D eigenvalue weighted by atomic mass is 9.95. The number of aromatic nitrogens is 2. The maximum atomic E-state index is 12.3. The molecule has 108 valence electrons. The van der Waals surface area contributed by atoms with Crippen molar-refractivity contribution >= 4 is 11.9 Å². The number of carbonyl (C=O) groups excluding carboxylic acids is 1. The molecule has 1 amide bonds. The van der Waals surface area contributed by atoms with E-state index in [0.717, 1.165) is 25.9 Å². The molecule has 1 aromatic rings. The summed E-state index contributed by atoms with van der Waals surface area (Å²) in [4.78, 5) is 23.1. The van der Waals surface area contributed by atoms with Gasteiger partial charge >= 0.3 is 0 Å². The molecule has 1 aromatic heterocycles. The second-order valence-corrected chi connectivity index (χ2v) is 5.74. The minimum atomic E-state index is -0.0558. The van der Waals surface area contributed by atoms with Crippen LogP contribution in [0.2, 0.25) is 0 Å². The molecule has 1 aliphatic heterocycles. The number of nitrogens with one attached hydrogen (secondary N) is 1. The Hall–Kier alpha value is -1.65. The Morgan fingerprint density at radius 2 is 1.90 bits per heavy atom. The zero-order valence-corrected chi connectivity index (χ0v) is 11.8. The first-order valence-corrected chi connectivity index (χ1v) is 7.72. The van der Waals surface area contributed by atoms with E-state index in [1.807, 2.05) is 0 Å². The number of hydrogen-bond acceptors (Lipinski definition) is 4. The topological polar surface area (TPSA) is 58.1 Å². The first-order chi connectivity index (χ1) is 9.83. The fourth-order valence-electron chi connectivity index (χ4n) is 3.05. The summed E-state index contributed by atoms with van der Waals surface area (Å²) in [5.41, 5.74) is 0.493. The van der Waals surface area contributed by atoms with Gasteiger partial charge in [0.15, 0.2) is 0 Å². The van der Waals surface area contributed by atoms with Crippen molar-refractivity contribution in [2.45, 2.75) is 51.0 Å². The SMILES string of the molecule is O=C(NC1CCCCC1)c1ccnc(N2CCCC2)n1. The zero-order chi connectivity index (χ0) is 13.8. The monoisotopic (exact) mass is 274 g/mol. The summed E-state index contributed by atoms with van der Waals surface area (Å²) in [6.07, 6.45) is 9.96. The molecule has 1 N–H and O–H groups in total. The largest absolute Gasteiger partial charge is 0.348 e. The highest BCUT2D eigenvalue weighted by atomic mass is 16.1. The summed E-state index contributed by atoms with van der Waals surface area (Å²) >= 11 is 0. The van der Waals surface area contributed by atoms with E-state index in [9.17, 15) is 4.79 Å². The fourth-order valence-corrected chi connectivity index (χ4v) is 3.05. The number of nitrogens with zero attached hydrogens (tertiary/aromatic N) is 3. The highest BCUT2D eigenvalue weighted by Gasteiger charge is 2.19. The lowest BCUT2D eigenvalue weighted by Crippen LogP contribution is -2.36. The summed E-state index contributed by atoms with van der Waals surface area (Å²) in [5.74, 6) is 0.638. The molecule has 0 atom stereocenters. The molecule has 20 heavy (non-hydrogen) atoms. The second-order valence-electron chi connectivity index (χ2n) is 5.74. The van der Waals surface area contributed by atoms with Crippen molar-refractivity contribution in [1.29, 1.82) is 0 Å². The average Bonchev–Trinajstić information content (AvgIpc) is 3.03. The quantitative estimate of drug-likeness (QED) is 0.917. The molecule has 1 saturated carbocycles. The molecule has 0 aromatic carbocycles. The second kappa shape index (κ2) is 6.20. The van der Waals surface area contributed by atoms with Crippen molar-refractivity contribution in [3.05, 3.63) is 18.0 Å². The first-order valence-electron chi connectivity index (χ1n) is 7.72. The third kappa shape index (κ3) is 3.08. The van der Waals surface area contributed by atoms with Gasteiger partial charge in [-0.25, -0.2) is 9.97 Å². The van der Waals surface area contributed by atoms with E-state index < -0.39 is 0 Å².